The van der Waals surface area contributed by atoms with Gasteiger partial charge in [-0.25, -0.2) is 4.79 Å². The molecule has 1 aromatic carbocycles. The predicted molar refractivity (Wildman–Crippen MR) is 91.5 cm³/mol. The Morgan fingerprint density at radius 3 is 2.67 bits per heavy atom. The Morgan fingerprint density at radius 1 is 1.17 bits per heavy atom. The Hall–Kier alpha value is -1.85. The van der Waals surface area contributed by atoms with E-state index in [4.69, 9.17) is 13.9 Å². The third-order valence-electron chi connectivity index (χ3n) is 5.29. The zero-order chi connectivity index (χ0) is 16.5. The lowest BCUT2D eigenvalue weighted by molar-refractivity contribution is 0.0331. The summed E-state index contributed by atoms with van der Waals surface area (Å²) in [4.78, 5) is 14.0. The first-order valence-corrected chi connectivity index (χ1v) is 8.68. The van der Waals surface area contributed by atoms with Crippen LogP contribution in [0.4, 0.5) is 0 Å². The van der Waals surface area contributed by atoms with Crippen molar-refractivity contribution < 1.29 is 13.9 Å². The number of hydrogen-bond donors (Lipinski definition) is 0. The van der Waals surface area contributed by atoms with Crippen molar-refractivity contribution in [3.8, 4) is 5.75 Å². The maximum Gasteiger partial charge on any atom is 0.336 e. The van der Waals surface area contributed by atoms with Crippen molar-refractivity contribution >= 4 is 11.0 Å². The Labute approximate surface area is 141 Å². The van der Waals surface area contributed by atoms with Gasteiger partial charge in [0.25, 0.3) is 0 Å². The molecule has 2 aliphatic heterocycles. The average Bonchev–Trinajstić information content (AvgIpc) is 2.81. The number of rotatable bonds is 5. The van der Waals surface area contributed by atoms with Crippen molar-refractivity contribution in [1.29, 1.82) is 0 Å². The lowest BCUT2D eigenvalue weighted by atomic mass is 9.99. The lowest BCUT2D eigenvalue weighted by Crippen LogP contribution is -2.47. The molecule has 24 heavy (non-hydrogen) atoms. The molecular weight excluding hydrogens is 306 g/mol. The highest BCUT2D eigenvalue weighted by Gasteiger charge is 2.41. The summed E-state index contributed by atoms with van der Waals surface area (Å²) < 4.78 is 16.7. The first kappa shape index (κ1) is 15.7. The number of hydrogen-bond acceptors (Lipinski definition) is 5. The summed E-state index contributed by atoms with van der Waals surface area (Å²) in [5, 5.41) is 0.913. The van der Waals surface area contributed by atoms with Crippen LogP contribution in [0.3, 0.4) is 0 Å². The molecule has 0 amide bonds. The fourth-order valence-corrected chi connectivity index (χ4v) is 4.19. The number of ether oxygens (including phenoxy) is 2. The maximum absolute atomic E-state index is 11.4. The van der Waals surface area contributed by atoms with E-state index in [1.165, 1.54) is 18.9 Å². The molecule has 2 fully saturated rings. The second-order valence-corrected chi connectivity index (χ2v) is 6.78. The highest BCUT2D eigenvalue weighted by Crippen LogP contribution is 2.37. The van der Waals surface area contributed by atoms with E-state index < -0.39 is 0 Å². The van der Waals surface area contributed by atoms with E-state index in [0.717, 1.165) is 37.1 Å². The lowest BCUT2D eigenvalue weighted by Gasteiger charge is -2.38. The van der Waals surface area contributed by atoms with Gasteiger partial charge in [0.2, 0.25) is 0 Å². The van der Waals surface area contributed by atoms with E-state index in [-0.39, 0.29) is 11.7 Å². The SMILES string of the molecule is COCCN1C2CCC1CC(Oc1ccc3ccc(=O)oc3c1)C2. The van der Waals surface area contributed by atoms with E-state index in [0.29, 0.717) is 17.7 Å². The summed E-state index contributed by atoms with van der Waals surface area (Å²) in [5.74, 6) is 0.784. The fraction of sp³-hybridized carbons (Fsp3) is 0.526. The summed E-state index contributed by atoms with van der Waals surface area (Å²) in [6.07, 6.45) is 4.84. The third-order valence-corrected chi connectivity index (χ3v) is 5.29. The Morgan fingerprint density at radius 2 is 1.92 bits per heavy atom. The number of piperidine rings is 1. The van der Waals surface area contributed by atoms with Crippen LogP contribution in [-0.4, -0.2) is 43.3 Å². The van der Waals surface area contributed by atoms with Gasteiger partial charge in [0.1, 0.15) is 17.4 Å². The highest BCUT2D eigenvalue weighted by atomic mass is 16.5. The van der Waals surface area contributed by atoms with Gasteiger partial charge in [-0.1, -0.05) is 0 Å². The van der Waals surface area contributed by atoms with Gasteiger partial charge in [0.05, 0.1) is 6.61 Å². The molecular formula is C19H23NO4. The van der Waals surface area contributed by atoms with Crippen molar-refractivity contribution in [3.05, 3.63) is 40.8 Å². The van der Waals surface area contributed by atoms with Crippen molar-refractivity contribution in [3.63, 3.8) is 0 Å². The summed E-state index contributed by atoms with van der Waals surface area (Å²) in [6.45, 7) is 1.81. The van der Waals surface area contributed by atoms with Gasteiger partial charge in [0.15, 0.2) is 0 Å². The van der Waals surface area contributed by atoms with E-state index in [1.54, 1.807) is 13.2 Å². The van der Waals surface area contributed by atoms with Crippen LogP contribution in [0.15, 0.2) is 39.5 Å². The Kier molecular flexibility index (Phi) is 4.29. The summed E-state index contributed by atoms with van der Waals surface area (Å²) in [7, 11) is 1.76. The second kappa shape index (κ2) is 6.57. The molecule has 0 spiro atoms. The molecule has 0 radical (unpaired) electrons. The molecule has 3 heterocycles. The van der Waals surface area contributed by atoms with Crippen molar-refractivity contribution in [2.45, 2.75) is 43.9 Å². The van der Waals surface area contributed by atoms with Gasteiger partial charge in [-0.15, -0.1) is 0 Å². The number of benzene rings is 1. The number of nitrogens with zero attached hydrogens (tertiary/aromatic N) is 1. The molecule has 2 atom stereocenters. The largest absolute Gasteiger partial charge is 0.490 e. The summed E-state index contributed by atoms with van der Waals surface area (Å²) >= 11 is 0. The van der Waals surface area contributed by atoms with Gasteiger partial charge < -0.3 is 13.9 Å². The minimum Gasteiger partial charge on any atom is -0.490 e. The summed E-state index contributed by atoms with van der Waals surface area (Å²) in [5.41, 5.74) is 0.254. The average molecular weight is 329 g/mol. The molecule has 5 heteroatoms. The zero-order valence-electron chi connectivity index (χ0n) is 13.9. The van der Waals surface area contributed by atoms with Crippen molar-refractivity contribution in [2.24, 2.45) is 0 Å². The molecule has 4 rings (SSSR count). The molecule has 5 nitrogen and oxygen atoms in total. The molecule has 2 aliphatic rings. The molecule has 1 aromatic heterocycles. The number of fused-ring (bicyclic) bond motifs is 3. The zero-order valence-corrected chi connectivity index (χ0v) is 13.9. The third kappa shape index (κ3) is 3.06. The van der Waals surface area contributed by atoms with Gasteiger partial charge in [-0.2, -0.15) is 0 Å². The van der Waals surface area contributed by atoms with Crippen molar-refractivity contribution in [2.75, 3.05) is 20.3 Å². The van der Waals surface area contributed by atoms with Crippen LogP contribution in [0.5, 0.6) is 5.75 Å². The normalized spacial score (nSPS) is 26.8. The van der Waals surface area contributed by atoms with E-state index in [1.807, 2.05) is 18.2 Å². The molecule has 2 bridgehead atoms. The summed E-state index contributed by atoms with van der Waals surface area (Å²) in [6, 6.07) is 10.1. The Bertz CT molecular complexity index is 757. The van der Waals surface area contributed by atoms with Crippen LogP contribution < -0.4 is 10.4 Å². The standard InChI is InChI=1S/C19H23NO4/c1-22-9-8-20-14-4-5-15(20)11-17(10-14)23-16-6-2-13-3-7-19(21)24-18(13)12-16/h2-3,6-7,12,14-15,17H,4-5,8-11H2,1H3. The van der Waals surface area contributed by atoms with Gasteiger partial charge >= 0.3 is 5.63 Å². The molecule has 0 aliphatic carbocycles. The van der Waals surface area contributed by atoms with Gasteiger partial charge in [0, 0.05) is 43.3 Å². The molecule has 2 unspecified atom stereocenters. The quantitative estimate of drug-likeness (QED) is 0.790. The smallest absolute Gasteiger partial charge is 0.336 e. The van der Waals surface area contributed by atoms with Crippen LogP contribution in [0.25, 0.3) is 11.0 Å². The number of methoxy groups -OCH3 is 1. The van der Waals surface area contributed by atoms with E-state index in [2.05, 4.69) is 4.90 Å². The predicted octanol–water partition coefficient (Wildman–Crippen LogP) is 2.81. The minimum atomic E-state index is -0.329. The van der Waals surface area contributed by atoms with Crippen LogP contribution in [0, 0.1) is 0 Å². The molecule has 128 valence electrons. The van der Waals surface area contributed by atoms with Crippen LogP contribution >= 0.6 is 0 Å². The molecule has 2 aromatic rings. The van der Waals surface area contributed by atoms with Crippen molar-refractivity contribution in [1.82, 2.24) is 4.90 Å². The molecule has 0 saturated carbocycles. The van der Waals surface area contributed by atoms with E-state index in [9.17, 15) is 4.79 Å². The van der Waals surface area contributed by atoms with Crippen LogP contribution in [0.2, 0.25) is 0 Å². The van der Waals surface area contributed by atoms with Gasteiger partial charge in [-0.05, 0) is 43.9 Å². The second-order valence-electron chi connectivity index (χ2n) is 6.78. The van der Waals surface area contributed by atoms with Crippen LogP contribution in [0.1, 0.15) is 25.7 Å². The first-order valence-electron chi connectivity index (χ1n) is 8.68. The fourth-order valence-electron chi connectivity index (χ4n) is 4.19. The highest BCUT2D eigenvalue weighted by molar-refractivity contribution is 5.77. The van der Waals surface area contributed by atoms with E-state index >= 15 is 0 Å². The Balaban J connectivity index is 1.46. The van der Waals surface area contributed by atoms with Gasteiger partial charge in [-0.3, -0.25) is 4.90 Å². The molecule has 0 N–H and O–H groups in total. The first-order chi connectivity index (χ1) is 11.7. The monoisotopic (exact) mass is 329 g/mol. The topological polar surface area (TPSA) is 51.9 Å². The van der Waals surface area contributed by atoms with Crippen LogP contribution in [-0.2, 0) is 4.74 Å². The minimum absolute atomic E-state index is 0.231. The maximum atomic E-state index is 11.4. The molecule has 2 saturated heterocycles.